The fourth-order valence-electron chi connectivity index (χ4n) is 5.80. The lowest BCUT2D eigenvalue weighted by molar-refractivity contribution is -0.870. The lowest BCUT2D eigenvalue weighted by Crippen LogP contribution is -2.37. The molecule has 0 amide bonds. The van der Waals surface area contributed by atoms with Gasteiger partial charge in [0.2, 0.25) is 0 Å². The van der Waals surface area contributed by atoms with Crippen LogP contribution >= 0.6 is 7.82 Å². The molecule has 0 radical (unpaired) electrons. The van der Waals surface area contributed by atoms with Crippen LogP contribution < -0.4 is 4.89 Å². The summed E-state index contributed by atoms with van der Waals surface area (Å²) < 4.78 is 33.8. The quantitative estimate of drug-likeness (QED) is 0.0150. The Morgan fingerprint density at radius 3 is 1.59 bits per heavy atom. The zero-order valence-corrected chi connectivity index (χ0v) is 37.5. The number of unbranched alkanes of at least 4 members (excludes halogenated alkanes) is 19. The van der Waals surface area contributed by atoms with Crippen molar-refractivity contribution in [2.45, 2.75) is 187 Å². The Bertz CT molecular complexity index is 1100. The van der Waals surface area contributed by atoms with Crippen LogP contribution in [0.5, 0.6) is 0 Å². The molecule has 0 saturated heterocycles. The summed E-state index contributed by atoms with van der Waals surface area (Å²) in [5.74, 6) is -0.906. The van der Waals surface area contributed by atoms with E-state index in [0.717, 1.165) is 57.8 Å². The predicted molar refractivity (Wildman–Crippen MR) is 231 cm³/mol. The summed E-state index contributed by atoms with van der Waals surface area (Å²) in [5.41, 5.74) is 0. The molecule has 0 aliphatic heterocycles. The van der Waals surface area contributed by atoms with Crippen LogP contribution in [-0.2, 0) is 32.7 Å². The van der Waals surface area contributed by atoms with Crippen molar-refractivity contribution in [2.24, 2.45) is 0 Å². The Kier molecular flexibility index (Phi) is 37.1. The molecule has 0 fully saturated rings. The number of phosphoric ester groups is 1. The number of rotatable bonds is 40. The SMILES string of the molecule is CCCCCC/C=C/C=C/CCCCCCCC(=O)OC[C@H](COP(=O)([O-])OCC[N+](C)(C)C)OC(=O)CCC/C=C/C/C=C/CCCCCCCCCCC. The first-order valence-electron chi connectivity index (χ1n) is 22.4. The van der Waals surface area contributed by atoms with Gasteiger partial charge in [0.05, 0.1) is 27.7 Å². The summed E-state index contributed by atoms with van der Waals surface area (Å²) in [6.45, 7) is 4.14. The van der Waals surface area contributed by atoms with Gasteiger partial charge < -0.3 is 27.9 Å². The average Bonchev–Trinajstić information content (AvgIpc) is 3.15. The minimum Gasteiger partial charge on any atom is -0.756 e. The van der Waals surface area contributed by atoms with E-state index in [9.17, 15) is 19.0 Å². The number of phosphoric acid groups is 1. The molecule has 2 atom stereocenters. The van der Waals surface area contributed by atoms with Crippen molar-refractivity contribution in [1.29, 1.82) is 0 Å². The molecule has 0 aromatic heterocycles. The monoisotopic (exact) mass is 810 g/mol. The molecule has 326 valence electrons. The number of likely N-dealkylation sites (N-methyl/N-ethyl adjacent to an activating group) is 1. The molecule has 10 heteroatoms. The molecule has 0 N–H and O–H groups in total. The summed E-state index contributed by atoms with van der Waals surface area (Å²) in [6, 6.07) is 0. The van der Waals surface area contributed by atoms with E-state index < -0.39 is 32.5 Å². The minimum atomic E-state index is -4.64. The maximum atomic E-state index is 12.7. The Morgan fingerprint density at radius 2 is 1.04 bits per heavy atom. The molecule has 0 saturated carbocycles. The van der Waals surface area contributed by atoms with Gasteiger partial charge in [-0.3, -0.25) is 14.2 Å². The summed E-state index contributed by atoms with van der Waals surface area (Å²) in [6.07, 6.45) is 44.3. The molecule has 0 spiro atoms. The molecule has 9 nitrogen and oxygen atoms in total. The molecule has 0 aromatic carbocycles. The number of quaternary nitrogens is 1. The van der Waals surface area contributed by atoms with Crippen molar-refractivity contribution >= 4 is 19.8 Å². The highest BCUT2D eigenvalue weighted by atomic mass is 31.2. The first kappa shape index (κ1) is 54.0. The van der Waals surface area contributed by atoms with Crippen molar-refractivity contribution in [3.63, 3.8) is 0 Å². The zero-order chi connectivity index (χ0) is 41.4. The van der Waals surface area contributed by atoms with Gasteiger partial charge in [0, 0.05) is 12.8 Å². The lowest BCUT2D eigenvalue weighted by Gasteiger charge is -2.28. The van der Waals surface area contributed by atoms with Gasteiger partial charge in [-0.2, -0.15) is 0 Å². The number of ether oxygens (including phenoxy) is 2. The first-order chi connectivity index (χ1) is 27.0. The van der Waals surface area contributed by atoms with E-state index in [1.807, 2.05) is 21.1 Å². The topological polar surface area (TPSA) is 111 Å². The van der Waals surface area contributed by atoms with Crippen molar-refractivity contribution in [1.82, 2.24) is 0 Å². The largest absolute Gasteiger partial charge is 0.756 e. The van der Waals surface area contributed by atoms with Gasteiger partial charge in [-0.25, -0.2) is 0 Å². The second kappa shape index (κ2) is 38.5. The fraction of sp³-hybridized carbons (Fsp3) is 0.783. The van der Waals surface area contributed by atoms with E-state index >= 15 is 0 Å². The summed E-state index contributed by atoms with van der Waals surface area (Å²) in [5, 5.41) is 0. The third-order valence-electron chi connectivity index (χ3n) is 9.35. The van der Waals surface area contributed by atoms with E-state index in [1.54, 1.807) is 0 Å². The van der Waals surface area contributed by atoms with Crippen LogP contribution in [0.3, 0.4) is 0 Å². The van der Waals surface area contributed by atoms with Gasteiger partial charge in [0.1, 0.15) is 19.8 Å². The van der Waals surface area contributed by atoms with Crippen molar-refractivity contribution in [3.8, 4) is 0 Å². The highest BCUT2D eigenvalue weighted by Gasteiger charge is 2.21. The molecular formula is C46H84NO8P. The van der Waals surface area contributed by atoms with Crippen LogP contribution in [0.4, 0.5) is 0 Å². The number of carbonyl (C=O) groups excluding carboxylic acids is 2. The van der Waals surface area contributed by atoms with Crippen LogP contribution in [0.2, 0.25) is 0 Å². The van der Waals surface area contributed by atoms with Crippen LogP contribution in [0.25, 0.3) is 0 Å². The molecule has 56 heavy (non-hydrogen) atoms. The van der Waals surface area contributed by atoms with Gasteiger partial charge in [-0.1, -0.05) is 152 Å². The Balaban J connectivity index is 4.45. The highest BCUT2D eigenvalue weighted by molar-refractivity contribution is 7.45. The van der Waals surface area contributed by atoms with E-state index in [4.69, 9.17) is 18.5 Å². The number of hydrogen-bond donors (Lipinski definition) is 0. The number of carbonyl (C=O) groups is 2. The predicted octanol–water partition coefficient (Wildman–Crippen LogP) is 12.1. The van der Waals surface area contributed by atoms with Crippen molar-refractivity contribution in [2.75, 3.05) is 47.5 Å². The van der Waals surface area contributed by atoms with Gasteiger partial charge in [0.15, 0.2) is 6.10 Å². The zero-order valence-electron chi connectivity index (χ0n) is 36.6. The highest BCUT2D eigenvalue weighted by Crippen LogP contribution is 2.38. The smallest absolute Gasteiger partial charge is 0.306 e. The normalized spacial score (nSPS) is 14.0. The first-order valence-corrected chi connectivity index (χ1v) is 23.8. The van der Waals surface area contributed by atoms with Gasteiger partial charge in [0.25, 0.3) is 7.82 Å². The molecule has 0 bridgehead atoms. The van der Waals surface area contributed by atoms with Crippen molar-refractivity contribution in [3.05, 3.63) is 48.6 Å². The van der Waals surface area contributed by atoms with Gasteiger partial charge in [-0.05, 0) is 64.2 Å². The second-order valence-electron chi connectivity index (χ2n) is 16.1. The van der Waals surface area contributed by atoms with Crippen LogP contribution in [0, 0.1) is 0 Å². The number of esters is 2. The second-order valence-corrected chi connectivity index (χ2v) is 17.5. The third kappa shape index (κ3) is 41.6. The Labute approximate surface area is 343 Å². The number of nitrogens with zero attached hydrogens (tertiary/aromatic N) is 1. The molecule has 0 aliphatic carbocycles. The summed E-state index contributed by atoms with van der Waals surface area (Å²) in [7, 11) is 1.13. The lowest BCUT2D eigenvalue weighted by atomic mass is 10.1. The van der Waals surface area contributed by atoms with Crippen LogP contribution in [0.15, 0.2) is 48.6 Å². The third-order valence-corrected chi connectivity index (χ3v) is 10.3. The standard InChI is InChI=1S/C46H84NO8P/c1-6-8-10-12-14-16-18-20-22-23-25-27-29-31-33-35-37-39-46(49)55-44(43-54-56(50,51)53-41-40-47(3,4)5)42-52-45(48)38-36-34-32-30-28-26-24-21-19-17-15-13-11-9-7-2/h17,19,21,24-25,27,31,33,44H,6-16,18,20,22-23,26,28-30,32,34-43H2,1-5H3/b19-17+,24-21+,27-25+,33-31+/t44-/m1/s1. The van der Waals surface area contributed by atoms with E-state index in [0.29, 0.717) is 23.9 Å². The van der Waals surface area contributed by atoms with E-state index in [2.05, 4.69) is 62.5 Å². The van der Waals surface area contributed by atoms with Gasteiger partial charge >= 0.3 is 11.9 Å². The Hall–Kier alpha value is -2.03. The average molecular weight is 810 g/mol. The summed E-state index contributed by atoms with van der Waals surface area (Å²) >= 11 is 0. The van der Waals surface area contributed by atoms with Crippen molar-refractivity contribution < 1.29 is 42.1 Å². The van der Waals surface area contributed by atoms with Crippen LogP contribution in [0.1, 0.15) is 181 Å². The fourth-order valence-corrected chi connectivity index (χ4v) is 6.53. The molecule has 0 rings (SSSR count). The molecule has 0 aromatic rings. The molecule has 1 unspecified atom stereocenters. The van der Waals surface area contributed by atoms with Crippen LogP contribution in [-0.4, -0.2) is 70.0 Å². The maximum absolute atomic E-state index is 12.7. The van der Waals surface area contributed by atoms with E-state index in [-0.39, 0.29) is 26.1 Å². The van der Waals surface area contributed by atoms with E-state index in [1.165, 1.54) is 83.5 Å². The molecular weight excluding hydrogens is 725 g/mol. The number of hydrogen-bond acceptors (Lipinski definition) is 8. The Morgan fingerprint density at radius 1 is 0.571 bits per heavy atom. The van der Waals surface area contributed by atoms with Gasteiger partial charge in [-0.15, -0.1) is 0 Å². The summed E-state index contributed by atoms with van der Waals surface area (Å²) in [4.78, 5) is 37.5. The minimum absolute atomic E-state index is 0.0420. The molecule has 0 heterocycles. The number of allylic oxidation sites excluding steroid dienone is 8. The molecule has 0 aliphatic rings. The maximum Gasteiger partial charge on any atom is 0.306 e.